The molecule has 1 N–H and O–H groups in total. The standard InChI is InChI=1S/C25H16FN5OS3/c26-17-10-8-16(9-11-17)20-14-34-24(28-20)19(13-27)21(32)15-35-25-30-29-23(22-7-4-12-33-22)31(25)18-5-2-1-3-6-18/h1-12,14,32H,15H2/b21-19-. The summed E-state index contributed by atoms with van der Waals surface area (Å²) in [5.41, 5.74) is 2.34. The van der Waals surface area contributed by atoms with Crippen LogP contribution in [0.25, 0.3) is 33.2 Å². The molecule has 0 aliphatic rings. The van der Waals surface area contributed by atoms with Gasteiger partial charge in [0.1, 0.15) is 28.2 Å². The van der Waals surface area contributed by atoms with Crippen LogP contribution in [0.15, 0.2) is 88.4 Å². The van der Waals surface area contributed by atoms with Crippen LogP contribution in [0, 0.1) is 17.1 Å². The van der Waals surface area contributed by atoms with Gasteiger partial charge in [-0.1, -0.05) is 36.0 Å². The van der Waals surface area contributed by atoms with E-state index in [1.807, 2.05) is 52.4 Å². The molecule has 35 heavy (non-hydrogen) atoms. The number of halogens is 1. The highest BCUT2D eigenvalue weighted by atomic mass is 32.2. The summed E-state index contributed by atoms with van der Waals surface area (Å²) in [6.07, 6.45) is 0. The molecule has 0 bridgehead atoms. The highest BCUT2D eigenvalue weighted by Crippen LogP contribution is 2.33. The van der Waals surface area contributed by atoms with Crippen LogP contribution in [0.1, 0.15) is 5.01 Å². The van der Waals surface area contributed by atoms with Crippen molar-refractivity contribution in [2.75, 3.05) is 5.75 Å². The number of benzene rings is 2. The molecule has 0 aliphatic heterocycles. The summed E-state index contributed by atoms with van der Waals surface area (Å²) < 4.78 is 15.2. The normalized spacial score (nSPS) is 11.8. The molecule has 6 nitrogen and oxygen atoms in total. The highest BCUT2D eigenvalue weighted by molar-refractivity contribution is 7.99. The van der Waals surface area contributed by atoms with Gasteiger partial charge < -0.3 is 5.11 Å². The summed E-state index contributed by atoms with van der Waals surface area (Å²) in [5, 5.41) is 34.0. The third kappa shape index (κ3) is 4.88. The first-order valence-electron chi connectivity index (χ1n) is 10.4. The Morgan fingerprint density at radius 1 is 1.03 bits per heavy atom. The monoisotopic (exact) mass is 517 g/mol. The van der Waals surface area contributed by atoms with Crippen LogP contribution < -0.4 is 0 Å². The number of hydrogen-bond acceptors (Lipinski definition) is 8. The second-order valence-corrected chi connectivity index (χ2v) is 9.97. The number of allylic oxidation sites excluding steroid dienone is 1. The molecule has 2 aromatic carbocycles. The second kappa shape index (κ2) is 10.2. The van der Waals surface area contributed by atoms with Crippen LogP contribution in [0.2, 0.25) is 0 Å². The van der Waals surface area contributed by atoms with Crippen molar-refractivity contribution in [2.45, 2.75) is 5.16 Å². The maximum absolute atomic E-state index is 13.2. The van der Waals surface area contributed by atoms with Gasteiger partial charge in [0.05, 0.1) is 16.3 Å². The Morgan fingerprint density at radius 2 is 1.83 bits per heavy atom. The lowest BCUT2D eigenvalue weighted by Crippen LogP contribution is -2.00. The van der Waals surface area contributed by atoms with Gasteiger partial charge in [-0.25, -0.2) is 9.37 Å². The van der Waals surface area contributed by atoms with E-state index in [0.29, 0.717) is 21.7 Å². The number of hydrogen-bond donors (Lipinski definition) is 1. The first-order valence-corrected chi connectivity index (χ1v) is 13.1. The van der Waals surface area contributed by atoms with Gasteiger partial charge in [-0.2, -0.15) is 5.26 Å². The molecule has 0 saturated carbocycles. The van der Waals surface area contributed by atoms with Gasteiger partial charge in [0.2, 0.25) is 0 Å². The first-order chi connectivity index (χ1) is 17.1. The lowest BCUT2D eigenvalue weighted by Gasteiger charge is -2.09. The number of para-hydroxylation sites is 1. The first kappa shape index (κ1) is 23.0. The molecule has 5 rings (SSSR count). The predicted octanol–water partition coefficient (Wildman–Crippen LogP) is 6.84. The van der Waals surface area contributed by atoms with Crippen molar-refractivity contribution in [3.05, 3.63) is 94.1 Å². The molecule has 0 atom stereocenters. The van der Waals surface area contributed by atoms with Crippen LogP contribution >= 0.6 is 34.4 Å². The van der Waals surface area contributed by atoms with Crippen LogP contribution in [0.5, 0.6) is 0 Å². The van der Waals surface area contributed by atoms with Gasteiger partial charge >= 0.3 is 0 Å². The Labute approximate surface area is 212 Å². The van der Waals surface area contributed by atoms with Crippen molar-refractivity contribution < 1.29 is 9.50 Å². The maximum atomic E-state index is 13.2. The number of thioether (sulfide) groups is 1. The molecule has 0 amide bonds. The highest BCUT2D eigenvalue weighted by Gasteiger charge is 2.19. The number of thiazole rings is 1. The maximum Gasteiger partial charge on any atom is 0.196 e. The average Bonchev–Trinajstić information content (AvgIpc) is 3.65. The van der Waals surface area contributed by atoms with Gasteiger partial charge in [-0.15, -0.1) is 32.9 Å². The molecule has 5 aromatic rings. The molecule has 172 valence electrons. The third-order valence-corrected chi connectivity index (χ3v) is 7.65. The molecule has 3 heterocycles. The quantitative estimate of drug-likeness (QED) is 0.144. The fourth-order valence-corrected chi connectivity index (χ4v) is 5.69. The minimum Gasteiger partial charge on any atom is -0.510 e. The Hall–Kier alpha value is -3.78. The second-order valence-electron chi connectivity index (χ2n) is 7.22. The molecule has 0 aliphatic carbocycles. The van der Waals surface area contributed by atoms with E-state index >= 15 is 0 Å². The summed E-state index contributed by atoms with van der Waals surface area (Å²) in [4.78, 5) is 5.45. The number of nitriles is 1. The smallest absolute Gasteiger partial charge is 0.196 e. The van der Waals surface area contributed by atoms with Crippen molar-refractivity contribution in [2.24, 2.45) is 0 Å². The van der Waals surface area contributed by atoms with Crippen molar-refractivity contribution >= 4 is 40.0 Å². The van der Waals surface area contributed by atoms with E-state index in [1.54, 1.807) is 28.8 Å². The molecule has 0 unspecified atom stereocenters. The van der Waals surface area contributed by atoms with Gasteiger partial charge in [-0.3, -0.25) is 4.57 Å². The van der Waals surface area contributed by atoms with E-state index in [2.05, 4.69) is 21.3 Å². The van der Waals surface area contributed by atoms with E-state index in [1.165, 1.54) is 35.2 Å². The van der Waals surface area contributed by atoms with Crippen molar-refractivity contribution in [1.29, 1.82) is 5.26 Å². The van der Waals surface area contributed by atoms with Gasteiger partial charge in [-0.05, 0) is 47.8 Å². The predicted molar refractivity (Wildman–Crippen MR) is 138 cm³/mol. The van der Waals surface area contributed by atoms with E-state index in [-0.39, 0.29) is 22.9 Å². The summed E-state index contributed by atoms with van der Waals surface area (Å²) >= 11 is 4.10. The zero-order valence-electron chi connectivity index (χ0n) is 18.0. The van der Waals surface area contributed by atoms with E-state index in [0.717, 1.165) is 16.1 Å². The zero-order valence-corrected chi connectivity index (χ0v) is 20.4. The summed E-state index contributed by atoms with van der Waals surface area (Å²) in [5.74, 6) is 0.394. The topological polar surface area (TPSA) is 87.6 Å². The van der Waals surface area contributed by atoms with Crippen molar-refractivity contribution in [3.63, 3.8) is 0 Å². The third-order valence-electron chi connectivity index (χ3n) is 4.99. The van der Waals surface area contributed by atoms with Crippen LogP contribution in [0.3, 0.4) is 0 Å². The van der Waals surface area contributed by atoms with Gasteiger partial charge in [0.25, 0.3) is 0 Å². The van der Waals surface area contributed by atoms with Crippen molar-refractivity contribution in [1.82, 2.24) is 19.7 Å². The lowest BCUT2D eigenvalue weighted by atomic mass is 10.2. The number of nitrogens with zero attached hydrogens (tertiary/aromatic N) is 5. The SMILES string of the molecule is N#C/C(=C(/O)CSc1nnc(-c2cccs2)n1-c1ccccc1)c1nc(-c2ccc(F)cc2)cs1. The summed E-state index contributed by atoms with van der Waals surface area (Å²) in [7, 11) is 0. The number of aromatic nitrogens is 4. The number of aliphatic hydroxyl groups excluding tert-OH is 1. The Morgan fingerprint density at radius 3 is 2.54 bits per heavy atom. The molecular formula is C25H16FN5OS3. The Kier molecular flexibility index (Phi) is 6.72. The van der Waals surface area contributed by atoms with E-state index in [4.69, 9.17) is 0 Å². The Bertz CT molecular complexity index is 1520. The number of aliphatic hydroxyl groups is 1. The van der Waals surface area contributed by atoms with Gasteiger partial charge in [0.15, 0.2) is 11.0 Å². The van der Waals surface area contributed by atoms with Gasteiger partial charge in [0, 0.05) is 16.6 Å². The molecule has 10 heteroatoms. The fraction of sp³-hybridized carbons (Fsp3) is 0.0400. The lowest BCUT2D eigenvalue weighted by molar-refractivity contribution is 0.420. The molecule has 0 fully saturated rings. The molecule has 0 spiro atoms. The van der Waals surface area contributed by atoms with Crippen LogP contribution in [-0.2, 0) is 0 Å². The van der Waals surface area contributed by atoms with Crippen LogP contribution in [0.4, 0.5) is 4.39 Å². The Balaban J connectivity index is 1.43. The van der Waals surface area contributed by atoms with Crippen molar-refractivity contribution in [3.8, 4) is 33.7 Å². The fourth-order valence-electron chi connectivity index (χ4n) is 3.32. The van der Waals surface area contributed by atoms with E-state index < -0.39 is 0 Å². The molecule has 3 aromatic heterocycles. The summed E-state index contributed by atoms with van der Waals surface area (Å²) in [6.45, 7) is 0. The number of thiophene rings is 1. The van der Waals surface area contributed by atoms with Crippen LogP contribution in [-0.4, -0.2) is 30.6 Å². The zero-order chi connectivity index (χ0) is 24.2. The average molecular weight is 518 g/mol. The summed E-state index contributed by atoms with van der Waals surface area (Å²) in [6, 6.07) is 21.7. The number of rotatable bonds is 7. The minimum absolute atomic E-state index is 0.0973. The largest absolute Gasteiger partial charge is 0.510 e. The minimum atomic E-state index is -0.331. The molecule has 0 saturated heterocycles. The van der Waals surface area contributed by atoms with E-state index in [9.17, 15) is 14.8 Å². The molecule has 0 radical (unpaired) electrons. The molecular weight excluding hydrogens is 502 g/mol.